The number of benzene rings is 3. The zero-order chi connectivity index (χ0) is 18.3. The highest BCUT2D eigenvalue weighted by Crippen LogP contribution is 2.47. The molecule has 3 aromatic rings. The number of aryl methyl sites for hydroxylation is 1. The molecule has 1 unspecified atom stereocenters. The third-order valence-electron chi connectivity index (χ3n) is 4.76. The highest BCUT2D eigenvalue weighted by Gasteiger charge is 2.41. The van der Waals surface area contributed by atoms with Gasteiger partial charge in [0.2, 0.25) is 0 Å². The van der Waals surface area contributed by atoms with E-state index in [1.807, 2.05) is 73.7 Å². The lowest BCUT2D eigenvalue weighted by atomic mass is 9.98. The molecule has 0 N–H and O–H groups in total. The summed E-state index contributed by atoms with van der Waals surface area (Å²) >= 11 is 0. The average Bonchev–Trinajstić information content (AvgIpc) is 2.96. The predicted octanol–water partition coefficient (Wildman–Crippen LogP) is 4.76. The van der Waals surface area contributed by atoms with Crippen LogP contribution in [-0.4, -0.2) is 12.7 Å². The molecule has 0 radical (unpaired) electrons. The van der Waals surface area contributed by atoms with Crippen molar-refractivity contribution in [2.24, 2.45) is 0 Å². The molecule has 3 nitrogen and oxygen atoms in total. The average molecular weight is 361 g/mol. The number of hydrogen-bond donors (Lipinski definition) is 0. The molecule has 3 aromatic carbocycles. The van der Waals surface area contributed by atoms with Crippen LogP contribution in [0.1, 0.15) is 28.3 Å². The van der Waals surface area contributed by atoms with Gasteiger partial charge in [-0.2, -0.15) is 0 Å². The number of nitrogens with zero attached hydrogens (tertiary/aromatic N) is 1. The van der Waals surface area contributed by atoms with Crippen molar-refractivity contribution in [3.8, 4) is 0 Å². The maximum absolute atomic E-state index is 13.5. The van der Waals surface area contributed by atoms with Crippen molar-refractivity contribution in [1.82, 2.24) is 4.31 Å². The van der Waals surface area contributed by atoms with Crippen molar-refractivity contribution >= 4 is 15.7 Å². The first-order valence-electron chi connectivity index (χ1n) is 8.44. The topological polar surface area (TPSA) is 37.4 Å². The number of fused-ring (bicyclic) bond motifs is 1. The van der Waals surface area contributed by atoms with Crippen LogP contribution in [-0.2, 0) is 10.0 Å². The third kappa shape index (κ3) is 2.54. The van der Waals surface area contributed by atoms with E-state index in [2.05, 4.69) is 6.58 Å². The van der Waals surface area contributed by atoms with Crippen LogP contribution in [0.15, 0.2) is 90.3 Å². The molecule has 4 rings (SSSR count). The van der Waals surface area contributed by atoms with Crippen LogP contribution in [0, 0.1) is 6.92 Å². The summed E-state index contributed by atoms with van der Waals surface area (Å²) < 4.78 is 28.4. The summed E-state index contributed by atoms with van der Waals surface area (Å²) in [4.78, 5) is 0.276. The molecule has 0 amide bonds. The first-order chi connectivity index (χ1) is 12.5. The summed E-state index contributed by atoms with van der Waals surface area (Å²) in [7, 11) is -3.74. The summed E-state index contributed by atoms with van der Waals surface area (Å²) in [5, 5.41) is 0. The number of hydrogen-bond acceptors (Lipinski definition) is 2. The van der Waals surface area contributed by atoms with Gasteiger partial charge in [-0.3, -0.25) is 4.31 Å². The van der Waals surface area contributed by atoms with E-state index in [9.17, 15) is 8.42 Å². The summed E-state index contributed by atoms with van der Waals surface area (Å²) in [6.45, 7) is 6.05. The zero-order valence-electron chi connectivity index (χ0n) is 14.5. The third-order valence-corrected chi connectivity index (χ3v) is 6.58. The second kappa shape index (κ2) is 6.15. The molecule has 0 spiro atoms. The van der Waals surface area contributed by atoms with Gasteiger partial charge < -0.3 is 0 Å². The van der Waals surface area contributed by atoms with Crippen LogP contribution < -0.4 is 0 Å². The van der Waals surface area contributed by atoms with Crippen LogP contribution in [0.4, 0.5) is 0 Å². The predicted molar refractivity (Wildman–Crippen MR) is 104 cm³/mol. The van der Waals surface area contributed by atoms with E-state index in [1.54, 1.807) is 12.1 Å². The Morgan fingerprint density at radius 2 is 1.46 bits per heavy atom. The quantitative estimate of drug-likeness (QED) is 0.674. The minimum atomic E-state index is -3.74. The number of rotatable bonds is 3. The van der Waals surface area contributed by atoms with Gasteiger partial charge in [-0.15, -0.1) is 0 Å². The molecule has 1 aliphatic rings. The second-order valence-corrected chi connectivity index (χ2v) is 8.28. The van der Waals surface area contributed by atoms with E-state index >= 15 is 0 Å². The molecule has 130 valence electrons. The fourth-order valence-electron chi connectivity index (χ4n) is 3.46. The Kier molecular flexibility index (Phi) is 3.93. The van der Waals surface area contributed by atoms with E-state index in [-0.39, 0.29) is 4.90 Å². The maximum Gasteiger partial charge on any atom is 0.265 e. The molecule has 1 aliphatic heterocycles. The molecular formula is C22H19NO2S. The Morgan fingerprint density at radius 1 is 0.846 bits per heavy atom. The van der Waals surface area contributed by atoms with E-state index in [4.69, 9.17) is 0 Å². The summed E-state index contributed by atoms with van der Waals surface area (Å²) in [5.41, 5.74) is 4.29. The second-order valence-electron chi connectivity index (χ2n) is 6.46. The van der Waals surface area contributed by atoms with Crippen LogP contribution in [0.25, 0.3) is 5.70 Å². The Balaban J connectivity index is 1.91. The fraction of sp³-hybridized carbons (Fsp3) is 0.0909. The summed E-state index contributed by atoms with van der Waals surface area (Å²) in [6, 6.07) is 24.0. The zero-order valence-corrected chi connectivity index (χ0v) is 15.3. The monoisotopic (exact) mass is 361 g/mol. The van der Waals surface area contributed by atoms with Crippen molar-refractivity contribution in [2.75, 3.05) is 0 Å². The van der Waals surface area contributed by atoms with Crippen molar-refractivity contribution in [2.45, 2.75) is 17.9 Å². The van der Waals surface area contributed by atoms with Crippen molar-refractivity contribution in [3.05, 3.63) is 108 Å². The molecule has 1 atom stereocenters. The Labute approximate surface area is 154 Å². The van der Waals surface area contributed by atoms with Gasteiger partial charge in [0, 0.05) is 5.56 Å². The lowest BCUT2D eigenvalue weighted by Gasteiger charge is -2.28. The minimum absolute atomic E-state index is 0.276. The van der Waals surface area contributed by atoms with Gasteiger partial charge in [-0.1, -0.05) is 78.9 Å². The standard InChI is InChI=1S/C22H19NO2S/c1-16-12-14-19(15-13-16)26(24,25)23-17(2)20-10-6-7-11-21(20)22(23)18-8-4-3-5-9-18/h3-15,22H,2H2,1H3. The molecule has 0 bridgehead atoms. The Hall–Kier alpha value is -2.85. The summed E-state index contributed by atoms with van der Waals surface area (Å²) in [5.74, 6) is 0. The summed E-state index contributed by atoms with van der Waals surface area (Å²) in [6.07, 6.45) is 0. The van der Waals surface area contributed by atoms with Gasteiger partial charge in [0.15, 0.2) is 0 Å². The van der Waals surface area contributed by atoms with E-state index in [0.29, 0.717) is 5.70 Å². The van der Waals surface area contributed by atoms with Gasteiger partial charge in [0.1, 0.15) is 0 Å². The van der Waals surface area contributed by atoms with Crippen LogP contribution in [0.3, 0.4) is 0 Å². The highest BCUT2D eigenvalue weighted by atomic mass is 32.2. The van der Waals surface area contributed by atoms with Crippen molar-refractivity contribution < 1.29 is 8.42 Å². The van der Waals surface area contributed by atoms with Crippen molar-refractivity contribution in [1.29, 1.82) is 0 Å². The minimum Gasteiger partial charge on any atom is -0.254 e. The van der Waals surface area contributed by atoms with E-state index in [1.165, 1.54) is 4.31 Å². The molecule has 0 saturated carbocycles. The maximum atomic E-state index is 13.5. The first-order valence-corrected chi connectivity index (χ1v) is 9.88. The lowest BCUT2D eigenvalue weighted by Crippen LogP contribution is -2.29. The highest BCUT2D eigenvalue weighted by molar-refractivity contribution is 7.89. The molecule has 1 heterocycles. The van der Waals surface area contributed by atoms with Crippen LogP contribution in [0.2, 0.25) is 0 Å². The van der Waals surface area contributed by atoms with E-state index < -0.39 is 16.1 Å². The Bertz CT molecular complexity index is 1070. The molecule has 0 aromatic heterocycles. The number of sulfonamides is 1. The van der Waals surface area contributed by atoms with Gasteiger partial charge in [0.25, 0.3) is 10.0 Å². The largest absolute Gasteiger partial charge is 0.265 e. The molecule has 4 heteroatoms. The first kappa shape index (κ1) is 16.6. The van der Waals surface area contributed by atoms with Crippen LogP contribution in [0.5, 0.6) is 0 Å². The molecule has 0 fully saturated rings. The van der Waals surface area contributed by atoms with Gasteiger partial charge in [-0.05, 0) is 30.2 Å². The van der Waals surface area contributed by atoms with Gasteiger partial charge >= 0.3 is 0 Å². The molecular weight excluding hydrogens is 342 g/mol. The van der Waals surface area contributed by atoms with E-state index in [0.717, 1.165) is 22.3 Å². The normalized spacial score (nSPS) is 16.6. The molecule has 0 aliphatic carbocycles. The lowest BCUT2D eigenvalue weighted by molar-refractivity contribution is 0.481. The smallest absolute Gasteiger partial charge is 0.254 e. The molecule has 26 heavy (non-hydrogen) atoms. The van der Waals surface area contributed by atoms with Crippen LogP contribution >= 0.6 is 0 Å². The Morgan fingerprint density at radius 3 is 2.15 bits per heavy atom. The molecule has 0 saturated heterocycles. The van der Waals surface area contributed by atoms with Gasteiger partial charge in [0.05, 0.1) is 16.6 Å². The fourth-order valence-corrected chi connectivity index (χ4v) is 5.07. The van der Waals surface area contributed by atoms with Crippen molar-refractivity contribution in [3.63, 3.8) is 0 Å². The van der Waals surface area contributed by atoms with Gasteiger partial charge in [-0.25, -0.2) is 8.42 Å². The SMILES string of the molecule is C=C1c2ccccc2C(c2ccccc2)N1S(=O)(=O)c1ccc(C)cc1.